The molecular formula is C17H20. The zero-order chi connectivity index (χ0) is 12.3. The third-order valence-corrected chi connectivity index (χ3v) is 4.86. The molecule has 0 bridgehead atoms. The Hall–Kier alpha value is -1.30. The van der Waals surface area contributed by atoms with E-state index in [1.165, 1.54) is 28.7 Å². The summed E-state index contributed by atoms with van der Waals surface area (Å²) in [5, 5.41) is 0. The maximum Gasteiger partial charge on any atom is -0.00402 e. The highest BCUT2D eigenvalue weighted by atomic mass is 14.6. The number of aryl methyl sites for hydroxylation is 2. The lowest BCUT2D eigenvalue weighted by Crippen LogP contribution is -2.06. The van der Waals surface area contributed by atoms with Crippen molar-refractivity contribution in [3.63, 3.8) is 0 Å². The number of hydrogen-bond acceptors (Lipinski definition) is 0. The van der Waals surface area contributed by atoms with Crippen molar-refractivity contribution in [2.75, 3.05) is 0 Å². The van der Waals surface area contributed by atoms with Crippen LogP contribution < -0.4 is 0 Å². The van der Waals surface area contributed by atoms with Crippen LogP contribution in [0, 0.1) is 24.7 Å². The van der Waals surface area contributed by atoms with Gasteiger partial charge < -0.3 is 0 Å². The van der Waals surface area contributed by atoms with Crippen molar-refractivity contribution in [2.24, 2.45) is 10.8 Å². The second kappa shape index (κ2) is 3.13. The summed E-state index contributed by atoms with van der Waals surface area (Å²) in [6.45, 7) is 9.09. The molecule has 2 unspecified atom stereocenters. The molecule has 0 saturated heterocycles. The maximum absolute atomic E-state index is 2.47. The van der Waals surface area contributed by atoms with Crippen LogP contribution in [0.2, 0.25) is 0 Å². The predicted molar refractivity (Wildman–Crippen MR) is 73.9 cm³/mol. The summed E-state index contributed by atoms with van der Waals surface area (Å²) >= 11 is 0. The Labute approximate surface area is 104 Å². The fourth-order valence-electron chi connectivity index (χ4n) is 2.95. The van der Waals surface area contributed by atoms with Crippen LogP contribution in [0.5, 0.6) is 0 Å². The molecule has 3 rings (SSSR count). The van der Waals surface area contributed by atoms with Gasteiger partial charge in [-0.1, -0.05) is 50.3 Å². The first-order valence-corrected chi connectivity index (χ1v) is 6.43. The van der Waals surface area contributed by atoms with Crippen LogP contribution in [-0.2, 0) is 0 Å². The monoisotopic (exact) mass is 224 g/mol. The van der Waals surface area contributed by atoms with E-state index in [9.17, 15) is 0 Å². The molecule has 17 heavy (non-hydrogen) atoms. The topological polar surface area (TPSA) is 0 Å². The van der Waals surface area contributed by atoms with Gasteiger partial charge >= 0.3 is 0 Å². The van der Waals surface area contributed by atoms with Gasteiger partial charge in [-0.25, -0.2) is 0 Å². The lowest BCUT2D eigenvalue weighted by atomic mass is 9.86. The lowest BCUT2D eigenvalue weighted by Gasteiger charge is -2.19. The van der Waals surface area contributed by atoms with E-state index in [0.717, 1.165) is 0 Å². The molecule has 0 radical (unpaired) electrons. The fraction of sp³-hybridized carbons (Fsp3) is 0.412. The van der Waals surface area contributed by atoms with Crippen molar-refractivity contribution < 1.29 is 0 Å². The molecule has 0 heterocycles. The normalized spacial score (nSPS) is 34.2. The van der Waals surface area contributed by atoms with Gasteiger partial charge in [-0.3, -0.25) is 0 Å². The molecule has 0 aromatic heterocycles. The van der Waals surface area contributed by atoms with Gasteiger partial charge in [-0.15, -0.1) is 0 Å². The minimum absolute atomic E-state index is 0.399. The largest absolute Gasteiger partial charge is 0.0771 e. The number of hydrogen-bond donors (Lipinski definition) is 0. The minimum Gasteiger partial charge on any atom is -0.0771 e. The number of allylic oxidation sites excluding steroid dienone is 4. The molecule has 0 spiro atoms. The lowest BCUT2D eigenvalue weighted by molar-refractivity contribution is 0.554. The highest BCUT2D eigenvalue weighted by Crippen LogP contribution is 2.67. The zero-order valence-electron chi connectivity index (χ0n) is 11.2. The summed E-state index contributed by atoms with van der Waals surface area (Å²) in [6, 6.07) is 6.77. The molecule has 2 aliphatic carbocycles. The Bertz CT molecular complexity index is 547. The van der Waals surface area contributed by atoms with Crippen molar-refractivity contribution in [1.29, 1.82) is 0 Å². The first-order valence-electron chi connectivity index (χ1n) is 6.43. The second-order valence-corrected chi connectivity index (χ2v) is 6.24. The Balaban J connectivity index is 2.01. The summed E-state index contributed by atoms with van der Waals surface area (Å²) in [5.41, 5.74) is 6.33. The van der Waals surface area contributed by atoms with Crippen molar-refractivity contribution in [2.45, 2.75) is 34.1 Å². The summed E-state index contributed by atoms with van der Waals surface area (Å²) < 4.78 is 0. The summed E-state index contributed by atoms with van der Waals surface area (Å²) in [6.07, 6.45) is 8.47. The summed E-state index contributed by atoms with van der Waals surface area (Å²) in [4.78, 5) is 0. The van der Waals surface area contributed by atoms with Gasteiger partial charge in [0.2, 0.25) is 0 Å². The quantitative estimate of drug-likeness (QED) is 0.650. The van der Waals surface area contributed by atoms with Crippen molar-refractivity contribution in [3.8, 4) is 0 Å². The first kappa shape index (κ1) is 10.8. The molecule has 0 amide bonds. The van der Waals surface area contributed by atoms with Crippen molar-refractivity contribution >= 4 is 5.57 Å². The smallest absolute Gasteiger partial charge is 0.00402 e. The molecule has 1 aromatic carbocycles. The highest BCUT2D eigenvalue weighted by Gasteiger charge is 2.58. The molecule has 1 saturated carbocycles. The Morgan fingerprint density at radius 2 is 1.76 bits per heavy atom. The van der Waals surface area contributed by atoms with Gasteiger partial charge in [0, 0.05) is 0 Å². The molecule has 2 aliphatic rings. The number of rotatable bonds is 1. The van der Waals surface area contributed by atoms with Crippen molar-refractivity contribution in [1.82, 2.24) is 0 Å². The molecule has 88 valence electrons. The standard InChI is InChI=1S/C17H20/c1-12-5-6-14(9-13(12)2)15-7-8-16(3)11-17(16,4)10-15/h5-10H,11H2,1-4H3. The van der Waals surface area contributed by atoms with Crippen LogP contribution in [-0.4, -0.2) is 0 Å². The van der Waals surface area contributed by atoms with Gasteiger partial charge in [-0.05, 0) is 53.4 Å². The van der Waals surface area contributed by atoms with Crippen LogP contribution in [0.4, 0.5) is 0 Å². The maximum atomic E-state index is 2.47. The summed E-state index contributed by atoms with van der Waals surface area (Å²) in [7, 11) is 0. The van der Waals surface area contributed by atoms with E-state index in [2.05, 4.69) is 64.1 Å². The van der Waals surface area contributed by atoms with E-state index < -0.39 is 0 Å². The van der Waals surface area contributed by atoms with Gasteiger partial charge in [0.25, 0.3) is 0 Å². The third-order valence-electron chi connectivity index (χ3n) is 4.86. The Morgan fingerprint density at radius 1 is 1.00 bits per heavy atom. The van der Waals surface area contributed by atoms with Crippen LogP contribution in [0.1, 0.15) is 37.0 Å². The van der Waals surface area contributed by atoms with Crippen molar-refractivity contribution in [3.05, 3.63) is 53.1 Å². The average Bonchev–Trinajstić information content (AvgIpc) is 2.84. The molecule has 1 fully saturated rings. The number of fused-ring (bicyclic) bond motifs is 1. The van der Waals surface area contributed by atoms with E-state index in [0.29, 0.717) is 10.8 Å². The van der Waals surface area contributed by atoms with Gasteiger partial charge in [0.15, 0.2) is 0 Å². The molecule has 0 aliphatic heterocycles. The third kappa shape index (κ3) is 1.50. The van der Waals surface area contributed by atoms with E-state index in [-0.39, 0.29) is 0 Å². The average molecular weight is 224 g/mol. The van der Waals surface area contributed by atoms with Crippen LogP contribution >= 0.6 is 0 Å². The minimum atomic E-state index is 0.399. The molecule has 0 N–H and O–H groups in total. The molecule has 1 aromatic rings. The molecular weight excluding hydrogens is 204 g/mol. The van der Waals surface area contributed by atoms with E-state index in [1.807, 2.05) is 0 Å². The first-order chi connectivity index (χ1) is 7.94. The highest BCUT2D eigenvalue weighted by molar-refractivity contribution is 5.78. The molecule has 2 atom stereocenters. The zero-order valence-corrected chi connectivity index (χ0v) is 11.2. The van der Waals surface area contributed by atoms with Crippen LogP contribution in [0.25, 0.3) is 5.57 Å². The van der Waals surface area contributed by atoms with Crippen LogP contribution in [0.3, 0.4) is 0 Å². The molecule has 0 heteroatoms. The van der Waals surface area contributed by atoms with E-state index >= 15 is 0 Å². The SMILES string of the molecule is Cc1ccc(C2=CC3(C)CC3(C)C=C2)cc1C. The Kier molecular flexibility index (Phi) is 1.99. The van der Waals surface area contributed by atoms with Gasteiger partial charge in [0.1, 0.15) is 0 Å². The second-order valence-electron chi connectivity index (χ2n) is 6.24. The van der Waals surface area contributed by atoms with Gasteiger partial charge in [-0.2, -0.15) is 0 Å². The van der Waals surface area contributed by atoms with Crippen LogP contribution in [0.15, 0.2) is 36.4 Å². The number of benzene rings is 1. The van der Waals surface area contributed by atoms with Gasteiger partial charge in [0.05, 0.1) is 0 Å². The summed E-state index contributed by atoms with van der Waals surface area (Å²) in [5.74, 6) is 0. The van der Waals surface area contributed by atoms with E-state index in [1.54, 1.807) is 0 Å². The predicted octanol–water partition coefficient (Wildman–Crippen LogP) is 4.67. The van der Waals surface area contributed by atoms with E-state index in [4.69, 9.17) is 0 Å². The molecule has 0 nitrogen and oxygen atoms in total. The Morgan fingerprint density at radius 3 is 2.41 bits per heavy atom. The fourth-order valence-corrected chi connectivity index (χ4v) is 2.95.